The molecule has 0 aromatic heterocycles. The third kappa shape index (κ3) is 3.76. The minimum atomic E-state index is 0.601. The van der Waals surface area contributed by atoms with Gasteiger partial charge in [-0.25, -0.2) is 0 Å². The highest BCUT2D eigenvalue weighted by molar-refractivity contribution is 4.80. The summed E-state index contributed by atoms with van der Waals surface area (Å²) < 4.78 is 0. The Kier molecular flexibility index (Phi) is 4.29. The van der Waals surface area contributed by atoms with Crippen LogP contribution in [-0.2, 0) is 0 Å². The largest absolute Gasteiger partial charge is 0.314 e. The van der Waals surface area contributed by atoms with Gasteiger partial charge in [-0.2, -0.15) is 0 Å². The highest BCUT2D eigenvalue weighted by atomic mass is 14.9. The van der Waals surface area contributed by atoms with E-state index in [9.17, 15) is 0 Å². The number of hydrogen-bond donors (Lipinski definition) is 1. The predicted molar refractivity (Wildman–Crippen MR) is 70.6 cm³/mol. The molecule has 0 aromatic rings. The van der Waals surface area contributed by atoms with E-state index in [4.69, 9.17) is 0 Å². The fourth-order valence-corrected chi connectivity index (χ4v) is 3.41. The van der Waals surface area contributed by atoms with Crippen molar-refractivity contribution < 1.29 is 0 Å². The monoisotopic (exact) mass is 223 g/mol. The lowest BCUT2D eigenvalue weighted by molar-refractivity contribution is 0.308. The van der Waals surface area contributed by atoms with Crippen LogP contribution in [-0.4, -0.2) is 12.6 Å². The minimum absolute atomic E-state index is 0.601. The Morgan fingerprint density at radius 3 is 2.44 bits per heavy atom. The van der Waals surface area contributed by atoms with Crippen LogP contribution in [0.1, 0.15) is 71.6 Å². The van der Waals surface area contributed by atoms with E-state index in [1.165, 1.54) is 64.3 Å². The molecule has 1 atom stereocenters. The van der Waals surface area contributed by atoms with Crippen LogP contribution in [0.25, 0.3) is 0 Å². The van der Waals surface area contributed by atoms with Gasteiger partial charge in [0, 0.05) is 6.04 Å². The van der Waals surface area contributed by atoms with Gasteiger partial charge in [-0.05, 0) is 56.4 Å². The van der Waals surface area contributed by atoms with Crippen LogP contribution in [0, 0.1) is 11.3 Å². The van der Waals surface area contributed by atoms with Crippen molar-refractivity contribution >= 4 is 0 Å². The van der Waals surface area contributed by atoms with Crippen molar-refractivity contribution in [2.45, 2.75) is 77.7 Å². The van der Waals surface area contributed by atoms with E-state index in [1.54, 1.807) is 0 Å². The Morgan fingerprint density at radius 2 is 1.69 bits per heavy atom. The van der Waals surface area contributed by atoms with Crippen LogP contribution < -0.4 is 5.32 Å². The lowest BCUT2D eigenvalue weighted by Gasteiger charge is -2.22. The molecule has 0 saturated heterocycles. The maximum Gasteiger partial charge on any atom is 0.00673 e. The minimum Gasteiger partial charge on any atom is -0.314 e. The molecule has 1 heteroatoms. The molecule has 1 nitrogen and oxygen atoms in total. The normalized spacial score (nSPS) is 31.5. The second-order valence-corrected chi connectivity index (χ2v) is 6.85. The van der Waals surface area contributed by atoms with Crippen LogP contribution in [0.2, 0.25) is 0 Å². The second-order valence-electron chi connectivity index (χ2n) is 6.85. The number of hydrogen-bond acceptors (Lipinski definition) is 1. The summed E-state index contributed by atoms with van der Waals surface area (Å²) in [6.45, 7) is 6.17. The summed E-state index contributed by atoms with van der Waals surface area (Å²) in [4.78, 5) is 0. The molecule has 2 saturated carbocycles. The summed E-state index contributed by atoms with van der Waals surface area (Å²) in [6.07, 6.45) is 13.0. The fraction of sp³-hybridized carbons (Fsp3) is 1.00. The van der Waals surface area contributed by atoms with E-state index in [0.717, 1.165) is 12.0 Å². The van der Waals surface area contributed by atoms with Crippen LogP contribution in [0.15, 0.2) is 0 Å². The Hall–Kier alpha value is -0.0400. The van der Waals surface area contributed by atoms with Crippen molar-refractivity contribution in [1.82, 2.24) is 5.32 Å². The average Bonchev–Trinajstić information content (AvgIpc) is 2.68. The van der Waals surface area contributed by atoms with Crippen LogP contribution in [0.5, 0.6) is 0 Å². The van der Waals surface area contributed by atoms with E-state index in [1.807, 2.05) is 0 Å². The quantitative estimate of drug-likeness (QED) is 0.710. The zero-order chi connectivity index (χ0) is 11.4. The standard InChI is InChI=1S/C15H29N/c1-15(2)10-5-8-14(9-11-15)16-12-13-6-3-4-7-13/h13-14,16H,3-12H2,1-2H3. The first-order valence-electron chi connectivity index (χ1n) is 7.39. The first-order valence-corrected chi connectivity index (χ1v) is 7.39. The molecule has 16 heavy (non-hydrogen) atoms. The average molecular weight is 223 g/mol. The van der Waals surface area contributed by atoms with Crippen molar-refractivity contribution in [3.63, 3.8) is 0 Å². The molecule has 1 unspecified atom stereocenters. The topological polar surface area (TPSA) is 12.0 Å². The second kappa shape index (κ2) is 5.53. The van der Waals surface area contributed by atoms with Crippen molar-refractivity contribution in [3.8, 4) is 0 Å². The van der Waals surface area contributed by atoms with Gasteiger partial charge >= 0.3 is 0 Å². The molecule has 2 rings (SSSR count). The van der Waals surface area contributed by atoms with Gasteiger partial charge in [0.25, 0.3) is 0 Å². The molecule has 2 aliphatic carbocycles. The summed E-state index contributed by atoms with van der Waals surface area (Å²) in [7, 11) is 0. The van der Waals surface area contributed by atoms with Gasteiger partial charge in [0.05, 0.1) is 0 Å². The SMILES string of the molecule is CC1(C)CCCC(NCC2CCCC2)CC1. The van der Waals surface area contributed by atoms with Crippen LogP contribution in [0.4, 0.5) is 0 Å². The molecule has 2 aliphatic rings. The van der Waals surface area contributed by atoms with Gasteiger partial charge in [0.15, 0.2) is 0 Å². The molecule has 0 bridgehead atoms. The molecular formula is C15H29N. The Labute approximate surface area is 101 Å². The summed E-state index contributed by atoms with van der Waals surface area (Å²) in [6, 6.07) is 0.822. The molecule has 1 N–H and O–H groups in total. The predicted octanol–water partition coefficient (Wildman–Crippen LogP) is 4.13. The summed E-state index contributed by atoms with van der Waals surface area (Å²) in [5.41, 5.74) is 0.601. The first kappa shape index (κ1) is 12.4. The van der Waals surface area contributed by atoms with E-state index in [2.05, 4.69) is 19.2 Å². The van der Waals surface area contributed by atoms with E-state index >= 15 is 0 Å². The number of nitrogens with one attached hydrogen (secondary N) is 1. The lowest BCUT2D eigenvalue weighted by Crippen LogP contribution is -2.32. The van der Waals surface area contributed by atoms with E-state index in [0.29, 0.717) is 5.41 Å². The molecule has 2 fully saturated rings. The maximum atomic E-state index is 3.84. The van der Waals surface area contributed by atoms with Crippen molar-refractivity contribution in [3.05, 3.63) is 0 Å². The van der Waals surface area contributed by atoms with Crippen molar-refractivity contribution in [2.75, 3.05) is 6.54 Å². The highest BCUT2D eigenvalue weighted by Crippen LogP contribution is 2.34. The summed E-state index contributed by atoms with van der Waals surface area (Å²) >= 11 is 0. The first-order chi connectivity index (χ1) is 7.66. The zero-order valence-electron chi connectivity index (χ0n) is 11.2. The lowest BCUT2D eigenvalue weighted by atomic mass is 9.85. The van der Waals surface area contributed by atoms with E-state index < -0.39 is 0 Å². The molecule has 0 spiro atoms. The fourth-order valence-electron chi connectivity index (χ4n) is 3.41. The van der Waals surface area contributed by atoms with Gasteiger partial charge in [0.1, 0.15) is 0 Å². The highest BCUT2D eigenvalue weighted by Gasteiger charge is 2.24. The van der Waals surface area contributed by atoms with E-state index in [-0.39, 0.29) is 0 Å². The third-order valence-corrected chi connectivity index (χ3v) is 4.75. The Bertz CT molecular complexity index is 203. The zero-order valence-corrected chi connectivity index (χ0v) is 11.2. The summed E-state index contributed by atoms with van der Waals surface area (Å²) in [5, 5.41) is 3.84. The van der Waals surface area contributed by atoms with Crippen molar-refractivity contribution in [2.24, 2.45) is 11.3 Å². The van der Waals surface area contributed by atoms with Crippen molar-refractivity contribution in [1.29, 1.82) is 0 Å². The van der Waals surface area contributed by atoms with Gasteiger partial charge in [-0.3, -0.25) is 0 Å². The smallest absolute Gasteiger partial charge is 0.00673 e. The van der Waals surface area contributed by atoms with Gasteiger partial charge in [-0.15, -0.1) is 0 Å². The maximum absolute atomic E-state index is 3.84. The molecule has 94 valence electrons. The molecule has 0 heterocycles. The van der Waals surface area contributed by atoms with Crippen LogP contribution >= 0.6 is 0 Å². The van der Waals surface area contributed by atoms with Gasteiger partial charge < -0.3 is 5.32 Å². The van der Waals surface area contributed by atoms with Gasteiger partial charge in [0.2, 0.25) is 0 Å². The molecule has 0 aromatic carbocycles. The Balaban J connectivity index is 1.69. The molecular weight excluding hydrogens is 194 g/mol. The molecule has 0 aliphatic heterocycles. The summed E-state index contributed by atoms with van der Waals surface area (Å²) in [5.74, 6) is 0.997. The van der Waals surface area contributed by atoms with Crippen LogP contribution in [0.3, 0.4) is 0 Å². The van der Waals surface area contributed by atoms with Gasteiger partial charge in [-0.1, -0.05) is 33.1 Å². The molecule has 0 radical (unpaired) electrons. The third-order valence-electron chi connectivity index (χ3n) is 4.75. The number of rotatable bonds is 3. The Morgan fingerprint density at radius 1 is 0.938 bits per heavy atom. The molecule has 0 amide bonds.